The lowest BCUT2D eigenvalue weighted by atomic mass is 10.0. The molecule has 1 aliphatic heterocycles. The van der Waals surface area contributed by atoms with Gasteiger partial charge in [-0.3, -0.25) is 4.79 Å². The highest BCUT2D eigenvalue weighted by Crippen LogP contribution is 2.22. The summed E-state index contributed by atoms with van der Waals surface area (Å²) in [6, 6.07) is 21.3. The van der Waals surface area contributed by atoms with Gasteiger partial charge in [-0.1, -0.05) is 54.1 Å². The molecular weight excluding hydrogens is 424 g/mol. The second-order valence-corrected chi connectivity index (χ2v) is 8.45. The van der Waals surface area contributed by atoms with E-state index in [-0.39, 0.29) is 11.9 Å². The number of hydrogen-bond donors (Lipinski definition) is 1. The van der Waals surface area contributed by atoms with Crippen LogP contribution in [0.2, 0.25) is 5.02 Å². The normalized spacial score (nSPS) is 16.3. The molecule has 7 nitrogen and oxygen atoms in total. The summed E-state index contributed by atoms with van der Waals surface area (Å²) in [5, 5.41) is 17.2. The highest BCUT2D eigenvalue weighted by Gasteiger charge is 2.23. The number of piperidine rings is 1. The number of benzene rings is 2. The fourth-order valence-electron chi connectivity index (χ4n) is 4.13. The van der Waals surface area contributed by atoms with Gasteiger partial charge in [0.15, 0.2) is 11.5 Å². The SMILES string of the molecule is O=C(Cc1cccc(Cl)c1)NC1CCCN(c2ccc3nnc(-c4ccccc4)n3n2)C1. The van der Waals surface area contributed by atoms with Crippen LogP contribution in [-0.2, 0) is 11.2 Å². The second kappa shape index (κ2) is 8.96. The first kappa shape index (κ1) is 20.5. The van der Waals surface area contributed by atoms with E-state index in [1.54, 1.807) is 4.52 Å². The molecule has 32 heavy (non-hydrogen) atoms. The van der Waals surface area contributed by atoms with Crippen molar-refractivity contribution >= 4 is 29.0 Å². The molecule has 1 saturated heterocycles. The molecule has 0 radical (unpaired) electrons. The summed E-state index contributed by atoms with van der Waals surface area (Å²) in [6.45, 7) is 1.60. The van der Waals surface area contributed by atoms with Gasteiger partial charge in [-0.05, 0) is 42.7 Å². The van der Waals surface area contributed by atoms with Crippen LogP contribution in [0, 0.1) is 0 Å². The maximum atomic E-state index is 12.6. The van der Waals surface area contributed by atoms with Gasteiger partial charge in [0.1, 0.15) is 5.82 Å². The van der Waals surface area contributed by atoms with E-state index in [9.17, 15) is 4.79 Å². The van der Waals surface area contributed by atoms with Crippen LogP contribution >= 0.6 is 11.6 Å². The molecule has 2 aromatic carbocycles. The molecule has 1 unspecified atom stereocenters. The van der Waals surface area contributed by atoms with Crippen molar-refractivity contribution in [1.82, 2.24) is 25.1 Å². The van der Waals surface area contributed by atoms with Gasteiger partial charge in [0.05, 0.1) is 6.42 Å². The van der Waals surface area contributed by atoms with E-state index < -0.39 is 0 Å². The maximum absolute atomic E-state index is 12.6. The number of nitrogens with one attached hydrogen (secondary N) is 1. The average molecular weight is 447 g/mol. The molecule has 5 rings (SSSR count). The summed E-state index contributed by atoms with van der Waals surface area (Å²) in [6.07, 6.45) is 2.25. The van der Waals surface area contributed by atoms with Crippen molar-refractivity contribution in [3.05, 3.63) is 77.3 Å². The Bertz CT molecular complexity index is 1240. The average Bonchev–Trinajstić information content (AvgIpc) is 3.23. The molecular formula is C24H23ClN6O. The predicted molar refractivity (Wildman–Crippen MR) is 125 cm³/mol. The van der Waals surface area contributed by atoms with Gasteiger partial charge in [0.25, 0.3) is 0 Å². The van der Waals surface area contributed by atoms with Crippen LogP contribution in [0.1, 0.15) is 18.4 Å². The maximum Gasteiger partial charge on any atom is 0.224 e. The van der Waals surface area contributed by atoms with Crippen LogP contribution in [0.3, 0.4) is 0 Å². The van der Waals surface area contributed by atoms with Crippen molar-refractivity contribution in [2.75, 3.05) is 18.0 Å². The van der Waals surface area contributed by atoms with Gasteiger partial charge in [0.2, 0.25) is 5.91 Å². The summed E-state index contributed by atoms with van der Waals surface area (Å²) in [5.74, 6) is 1.57. The van der Waals surface area contributed by atoms with Crippen LogP contribution in [-0.4, -0.2) is 44.8 Å². The number of aromatic nitrogens is 4. The van der Waals surface area contributed by atoms with E-state index in [2.05, 4.69) is 20.4 Å². The number of rotatable bonds is 5. The van der Waals surface area contributed by atoms with E-state index in [1.165, 1.54) is 0 Å². The Hall–Kier alpha value is -3.45. The zero-order valence-corrected chi connectivity index (χ0v) is 18.2. The lowest BCUT2D eigenvalue weighted by Gasteiger charge is -2.33. The number of fused-ring (bicyclic) bond motifs is 1. The predicted octanol–water partition coefficient (Wildman–Crippen LogP) is 3.77. The standard InChI is InChI=1S/C24H23ClN6O/c25-19-9-4-6-17(14-19)15-23(32)26-20-10-5-13-30(16-20)22-12-11-21-27-28-24(31(21)29-22)18-7-2-1-3-8-18/h1-4,6-9,11-12,14,20H,5,10,13,15-16H2,(H,26,32). The van der Waals surface area contributed by atoms with Crippen LogP contribution < -0.4 is 10.2 Å². The fraction of sp³-hybridized carbons (Fsp3) is 0.250. The Labute approximate surface area is 191 Å². The Morgan fingerprint density at radius 1 is 1.06 bits per heavy atom. The number of carbonyl (C=O) groups is 1. The first-order valence-electron chi connectivity index (χ1n) is 10.7. The monoisotopic (exact) mass is 446 g/mol. The summed E-state index contributed by atoms with van der Waals surface area (Å²) in [7, 11) is 0. The summed E-state index contributed by atoms with van der Waals surface area (Å²) in [5.41, 5.74) is 2.58. The van der Waals surface area contributed by atoms with E-state index in [4.69, 9.17) is 16.7 Å². The van der Waals surface area contributed by atoms with Crippen LogP contribution in [0.4, 0.5) is 5.82 Å². The minimum absolute atomic E-state index is 0.00713. The molecule has 4 aromatic rings. The molecule has 3 heterocycles. The molecule has 0 spiro atoms. The summed E-state index contributed by atoms with van der Waals surface area (Å²) in [4.78, 5) is 14.8. The number of anilines is 1. The third kappa shape index (κ3) is 4.43. The van der Waals surface area contributed by atoms with Crippen molar-refractivity contribution in [1.29, 1.82) is 0 Å². The quantitative estimate of drug-likeness (QED) is 0.505. The highest BCUT2D eigenvalue weighted by atomic mass is 35.5. The van der Waals surface area contributed by atoms with Crippen molar-refractivity contribution in [3.63, 3.8) is 0 Å². The second-order valence-electron chi connectivity index (χ2n) is 8.01. The molecule has 1 aliphatic rings. The molecule has 1 atom stereocenters. The minimum Gasteiger partial charge on any atom is -0.353 e. The van der Waals surface area contributed by atoms with Crippen LogP contribution in [0.25, 0.3) is 17.0 Å². The van der Waals surface area contributed by atoms with Crippen molar-refractivity contribution in [2.45, 2.75) is 25.3 Å². The molecule has 8 heteroatoms. The van der Waals surface area contributed by atoms with Gasteiger partial charge < -0.3 is 10.2 Å². The third-order valence-corrected chi connectivity index (χ3v) is 5.88. The number of hydrogen-bond acceptors (Lipinski definition) is 5. The van der Waals surface area contributed by atoms with Gasteiger partial charge in [-0.15, -0.1) is 15.3 Å². The first-order valence-corrected chi connectivity index (χ1v) is 11.1. The number of halogens is 1. The Balaban J connectivity index is 1.30. The fourth-order valence-corrected chi connectivity index (χ4v) is 4.34. The lowest BCUT2D eigenvalue weighted by Crippen LogP contribution is -2.48. The van der Waals surface area contributed by atoms with E-state index in [0.717, 1.165) is 36.3 Å². The highest BCUT2D eigenvalue weighted by molar-refractivity contribution is 6.30. The number of nitrogens with zero attached hydrogens (tertiary/aromatic N) is 5. The largest absolute Gasteiger partial charge is 0.353 e. The molecule has 1 N–H and O–H groups in total. The van der Waals surface area contributed by atoms with E-state index >= 15 is 0 Å². The van der Waals surface area contributed by atoms with Gasteiger partial charge in [0, 0.05) is 29.7 Å². The van der Waals surface area contributed by atoms with Gasteiger partial charge in [-0.2, -0.15) is 4.52 Å². The zero-order valence-electron chi connectivity index (χ0n) is 17.5. The van der Waals surface area contributed by atoms with E-state index in [0.29, 0.717) is 29.5 Å². The summed E-state index contributed by atoms with van der Waals surface area (Å²) >= 11 is 6.03. The Morgan fingerprint density at radius 2 is 1.94 bits per heavy atom. The molecule has 1 amide bonds. The van der Waals surface area contributed by atoms with Crippen molar-refractivity contribution in [2.24, 2.45) is 0 Å². The topological polar surface area (TPSA) is 75.4 Å². The minimum atomic E-state index is 0.00713. The molecule has 0 aliphatic carbocycles. The van der Waals surface area contributed by atoms with Crippen LogP contribution in [0.5, 0.6) is 0 Å². The van der Waals surface area contributed by atoms with Gasteiger partial charge in [-0.25, -0.2) is 0 Å². The smallest absolute Gasteiger partial charge is 0.224 e. The molecule has 1 fully saturated rings. The molecule has 0 bridgehead atoms. The molecule has 162 valence electrons. The zero-order chi connectivity index (χ0) is 21.9. The Morgan fingerprint density at radius 3 is 2.78 bits per heavy atom. The van der Waals surface area contributed by atoms with Crippen molar-refractivity contribution in [3.8, 4) is 11.4 Å². The van der Waals surface area contributed by atoms with E-state index in [1.807, 2.05) is 66.7 Å². The summed E-state index contributed by atoms with van der Waals surface area (Å²) < 4.78 is 1.78. The molecule has 0 saturated carbocycles. The van der Waals surface area contributed by atoms with Crippen LogP contribution in [0.15, 0.2) is 66.7 Å². The first-order chi connectivity index (χ1) is 15.7. The molecule has 2 aromatic heterocycles. The van der Waals surface area contributed by atoms with Crippen molar-refractivity contribution < 1.29 is 4.79 Å². The Kier molecular flexibility index (Phi) is 5.73. The number of carbonyl (C=O) groups excluding carboxylic acids is 1. The lowest BCUT2D eigenvalue weighted by molar-refractivity contribution is -0.121. The number of amides is 1. The third-order valence-electron chi connectivity index (χ3n) is 5.64. The van der Waals surface area contributed by atoms with Gasteiger partial charge >= 0.3 is 0 Å².